The minimum Gasteiger partial charge on any atom is -0.493 e. The topological polar surface area (TPSA) is 21.3 Å². The van der Waals surface area contributed by atoms with E-state index in [2.05, 4.69) is 37.0 Å². The van der Waals surface area contributed by atoms with Crippen molar-refractivity contribution < 1.29 is 4.74 Å². The molecule has 0 saturated carbocycles. The lowest BCUT2D eigenvalue weighted by Gasteiger charge is -2.19. The van der Waals surface area contributed by atoms with Gasteiger partial charge in [0.1, 0.15) is 5.75 Å². The summed E-state index contributed by atoms with van der Waals surface area (Å²) in [6.45, 7) is 7.82. The maximum absolute atomic E-state index is 5.59. The molecule has 1 aromatic carbocycles. The van der Waals surface area contributed by atoms with Gasteiger partial charge >= 0.3 is 0 Å². The van der Waals surface area contributed by atoms with E-state index < -0.39 is 0 Å². The second-order valence-electron chi connectivity index (χ2n) is 5.50. The number of unbranched alkanes of at least 4 members (excludes halogenated alkanes) is 3. The van der Waals surface area contributed by atoms with Gasteiger partial charge in [0.2, 0.25) is 0 Å². The van der Waals surface area contributed by atoms with Crippen molar-refractivity contribution in [1.29, 1.82) is 0 Å². The van der Waals surface area contributed by atoms with Crippen LogP contribution in [0.15, 0.2) is 30.9 Å². The van der Waals surface area contributed by atoms with E-state index in [9.17, 15) is 0 Å². The Morgan fingerprint density at radius 3 is 3.05 bits per heavy atom. The van der Waals surface area contributed by atoms with Gasteiger partial charge < -0.3 is 10.1 Å². The summed E-state index contributed by atoms with van der Waals surface area (Å²) in [7, 11) is 0. The van der Waals surface area contributed by atoms with Crippen LogP contribution in [0.4, 0.5) is 0 Å². The third-order valence-electron chi connectivity index (χ3n) is 3.97. The van der Waals surface area contributed by atoms with Gasteiger partial charge in [0.15, 0.2) is 0 Å². The fourth-order valence-electron chi connectivity index (χ4n) is 2.87. The molecule has 0 aromatic heterocycles. The van der Waals surface area contributed by atoms with Crippen LogP contribution in [0.5, 0.6) is 5.75 Å². The lowest BCUT2D eigenvalue weighted by molar-refractivity contribution is 0.356. The van der Waals surface area contributed by atoms with E-state index >= 15 is 0 Å². The summed E-state index contributed by atoms with van der Waals surface area (Å²) in [6.07, 6.45) is 9.26. The van der Waals surface area contributed by atoms with Gasteiger partial charge in [-0.2, -0.15) is 0 Å². The first-order valence-corrected chi connectivity index (χ1v) is 7.95. The minimum absolute atomic E-state index is 0.481. The lowest BCUT2D eigenvalue weighted by atomic mass is 9.97. The highest BCUT2D eigenvalue weighted by Gasteiger charge is 2.16. The summed E-state index contributed by atoms with van der Waals surface area (Å²) in [5.74, 6) is 1.08. The Morgan fingerprint density at radius 2 is 2.25 bits per heavy atom. The highest BCUT2D eigenvalue weighted by atomic mass is 16.5. The van der Waals surface area contributed by atoms with Crippen molar-refractivity contribution in [3.8, 4) is 5.75 Å². The van der Waals surface area contributed by atoms with E-state index in [1.165, 1.54) is 36.8 Å². The Balaban J connectivity index is 1.91. The van der Waals surface area contributed by atoms with Gasteiger partial charge in [0.25, 0.3) is 0 Å². The van der Waals surface area contributed by atoms with Gasteiger partial charge in [-0.25, -0.2) is 0 Å². The average Bonchev–Trinajstić information content (AvgIpc) is 2.93. The SMILES string of the molecule is C=CCCCCCC(NCC)c1ccc2c(c1)CCO2. The van der Waals surface area contributed by atoms with Gasteiger partial charge in [-0.15, -0.1) is 6.58 Å². The monoisotopic (exact) mass is 273 g/mol. The smallest absolute Gasteiger partial charge is 0.122 e. The van der Waals surface area contributed by atoms with E-state index in [1.54, 1.807) is 0 Å². The lowest BCUT2D eigenvalue weighted by Crippen LogP contribution is -2.20. The van der Waals surface area contributed by atoms with Crippen molar-refractivity contribution in [2.45, 2.75) is 51.5 Å². The summed E-state index contributed by atoms with van der Waals surface area (Å²) in [5.41, 5.74) is 2.79. The third kappa shape index (κ3) is 4.11. The zero-order valence-electron chi connectivity index (χ0n) is 12.7. The Labute approximate surface area is 123 Å². The van der Waals surface area contributed by atoms with Crippen LogP contribution >= 0.6 is 0 Å². The zero-order chi connectivity index (χ0) is 14.2. The van der Waals surface area contributed by atoms with Crippen molar-refractivity contribution in [3.63, 3.8) is 0 Å². The largest absolute Gasteiger partial charge is 0.493 e. The van der Waals surface area contributed by atoms with Crippen LogP contribution in [0, 0.1) is 0 Å². The first-order chi connectivity index (χ1) is 9.85. The number of allylic oxidation sites excluding steroid dienone is 1. The highest BCUT2D eigenvalue weighted by molar-refractivity contribution is 5.40. The quantitative estimate of drug-likeness (QED) is 0.531. The van der Waals surface area contributed by atoms with Crippen LogP contribution in [0.2, 0.25) is 0 Å². The number of ether oxygens (including phenoxy) is 1. The van der Waals surface area contributed by atoms with Gasteiger partial charge in [-0.1, -0.05) is 38.0 Å². The maximum atomic E-state index is 5.59. The van der Waals surface area contributed by atoms with Gasteiger partial charge in [0.05, 0.1) is 6.61 Å². The van der Waals surface area contributed by atoms with Gasteiger partial charge in [0, 0.05) is 12.5 Å². The molecule has 2 nitrogen and oxygen atoms in total. The summed E-state index contributed by atoms with van der Waals surface area (Å²) in [5, 5.41) is 3.62. The van der Waals surface area contributed by atoms with E-state index in [-0.39, 0.29) is 0 Å². The van der Waals surface area contributed by atoms with Crippen LogP contribution in [0.3, 0.4) is 0 Å². The van der Waals surface area contributed by atoms with E-state index in [0.29, 0.717) is 6.04 Å². The maximum Gasteiger partial charge on any atom is 0.122 e. The predicted octanol–water partition coefficient (Wildman–Crippen LogP) is 4.41. The molecule has 1 aliphatic rings. The summed E-state index contributed by atoms with van der Waals surface area (Å²) in [4.78, 5) is 0. The molecule has 0 amide bonds. The molecule has 0 fully saturated rings. The fraction of sp³-hybridized carbons (Fsp3) is 0.556. The molecular formula is C18H27NO. The molecule has 2 heteroatoms. The van der Waals surface area contributed by atoms with E-state index in [0.717, 1.165) is 31.7 Å². The van der Waals surface area contributed by atoms with Gasteiger partial charge in [-0.05, 0) is 43.0 Å². The molecule has 20 heavy (non-hydrogen) atoms. The number of fused-ring (bicyclic) bond motifs is 1. The third-order valence-corrected chi connectivity index (χ3v) is 3.97. The molecule has 0 saturated heterocycles. The molecule has 0 radical (unpaired) electrons. The number of hydrogen-bond acceptors (Lipinski definition) is 2. The van der Waals surface area contributed by atoms with Crippen molar-refractivity contribution >= 4 is 0 Å². The molecule has 110 valence electrons. The molecule has 1 unspecified atom stereocenters. The second-order valence-corrected chi connectivity index (χ2v) is 5.50. The zero-order valence-corrected chi connectivity index (χ0v) is 12.7. The van der Waals surface area contributed by atoms with Crippen LogP contribution in [0.25, 0.3) is 0 Å². The van der Waals surface area contributed by atoms with Crippen molar-refractivity contribution in [2.24, 2.45) is 0 Å². The van der Waals surface area contributed by atoms with Crippen molar-refractivity contribution in [2.75, 3.05) is 13.2 Å². The highest BCUT2D eigenvalue weighted by Crippen LogP contribution is 2.29. The molecule has 1 N–H and O–H groups in total. The van der Waals surface area contributed by atoms with Crippen LogP contribution in [-0.2, 0) is 6.42 Å². The summed E-state index contributed by atoms with van der Waals surface area (Å²) in [6, 6.07) is 7.18. The molecule has 2 rings (SSSR count). The molecule has 1 heterocycles. The Bertz CT molecular complexity index is 427. The fourth-order valence-corrected chi connectivity index (χ4v) is 2.87. The van der Waals surface area contributed by atoms with Crippen LogP contribution in [-0.4, -0.2) is 13.2 Å². The average molecular weight is 273 g/mol. The van der Waals surface area contributed by atoms with Gasteiger partial charge in [-0.3, -0.25) is 0 Å². The molecule has 1 aromatic rings. The molecule has 1 atom stereocenters. The molecule has 0 bridgehead atoms. The summed E-state index contributed by atoms with van der Waals surface area (Å²) >= 11 is 0. The molecule has 1 aliphatic heterocycles. The first-order valence-electron chi connectivity index (χ1n) is 7.95. The molecular weight excluding hydrogens is 246 g/mol. The summed E-state index contributed by atoms with van der Waals surface area (Å²) < 4.78 is 5.59. The molecule has 0 spiro atoms. The van der Waals surface area contributed by atoms with Crippen LogP contribution < -0.4 is 10.1 Å². The Hall–Kier alpha value is -1.28. The number of benzene rings is 1. The van der Waals surface area contributed by atoms with E-state index in [1.807, 2.05) is 6.08 Å². The number of hydrogen-bond donors (Lipinski definition) is 1. The first kappa shape index (κ1) is 15.1. The Kier molecular flexibility index (Phi) is 6.13. The normalized spacial score (nSPS) is 14.7. The number of nitrogens with one attached hydrogen (secondary N) is 1. The Morgan fingerprint density at radius 1 is 1.35 bits per heavy atom. The van der Waals surface area contributed by atoms with Crippen molar-refractivity contribution in [1.82, 2.24) is 5.32 Å². The standard InChI is InChI=1S/C18H27NO/c1-3-5-6-7-8-9-17(19-4-2)15-10-11-18-16(14-15)12-13-20-18/h3,10-11,14,17,19H,1,4-9,12-13H2,2H3. The number of rotatable bonds is 9. The molecule has 0 aliphatic carbocycles. The van der Waals surface area contributed by atoms with Crippen LogP contribution in [0.1, 0.15) is 56.2 Å². The predicted molar refractivity (Wildman–Crippen MR) is 85.3 cm³/mol. The minimum atomic E-state index is 0.481. The van der Waals surface area contributed by atoms with Crippen molar-refractivity contribution in [3.05, 3.63) is 42.0 Å². The second kappa shape index (κ2) is 8.11. The van der Waals surface area contributed by atoms with E-state index in [4.69, 9.17) is 4.74 Å².